The minimum absolute atomic E-state index is 0.0293. The van der Waals surface area contributed by atoms with Crippen LogP contribution in [0.5, 0.6) is 0 Å². The number of aliphatic hydroxyl groups excluding tert-OH is 9. The molecule has 0 amide bonds. The number of aliphatic carboxylic acids is 2. The van der Waals surface area contributed by atoms with Crippen molar-refractivity contribution in [3.05, 3.63) is 11.6 Å². The van der Waals surface area contributed by atoms with Gasteiger partial charge in [0.1, 0.15) is 61.0 Å². The van der Waals surface area contributed by atoms with Crippen molar-refractivity contribution in [3.8, 4) is 0 Å². The fourth-order valence-electron chi connectivity index (χ4n) is 14.9. The number of hydrogen-bond donors (Lipinski definition) is 11. The number of carboxylic acids is 2. The molecule has 3 heterocycles. The van der Waals surface area contributed by atoms with Gasteiger partial charge in [0.05, 0.1) is 31.3 Å². The fourth-order valence-corrected chi connectivity index (χ4v) is 14.9. The van der Waals surface area contributed by atoms with E-state index < -0.39 is 127 Å². The number of carbonyl (C=O) groups is 2. The first kappa shape index (κ1) is 50.5. The average Bonchev–Trinajstić information content (AvgIpc) is 3.26. The highest BCUT2D eigenvalue weighted by Gasteiger charge is 2.70. The van der Waals surface area contributed by atoms with Crippen LogP contribution >= 0.6 is 0 Å². The van der Waals surface area contributed by atoms with Crippen LogP contribution in [0.1, 0.15) is 106 Å². The van der Waals surface area contributed by atoms with E-state index in [1.165, 1.54) is 0 Å². The molecule has 4 saturated carbocycles. The predicted molar refractivity (Wildman–Crippen MR) is 227 cm³/mol. The third kappa shape index (κ3) is 7.82. The summed E-state index contributed by atoms with van der Waals surface area (Å²) in [5, 5.41) is 115. The monoisotopic (exact) mass is 942 g/mol. The highest BCUT2D eigenvalue weighted by Crippen LogP contribution is 2.76. The van der Waals surface area contributed by atoms with Gasteiger partial charge in [-0.1, -0.05) is 53.2 Å². The number of ether oxygens (including phenoxy) is 6. The highest BCUT2D eigenvalue weighted by atomic mass is 16.8. The van der Waals surface area contributed by atoms with Crippen LogP contribution in [0.3, 0.4) is 0 Å². The number of aliphatic hydroxyl groups is 9. The molecule has 8 rings (SSSR count). The molecule has 376 valence electrons. The van der Waals surface area contributed by atoms with Crippen LogP contribution in [0.2, 0.25) is 0 Å². The molecule has 0 unspecified atom stereocenters. The second kappa shape index (κ2) is 17.7. The molecule has 3 aliphatic heterocycles. The first-order valence-corrected chi connectivity index (χ1v) is 23.9. The molecule has 0 aromatic carbocycles. The van der Waals surface area contributed by atoms with Gasteiger partial charge >= 0.3 is 11.9 Å². The van der Waals surface area contributed by atoms with Crippen molar-refractivity contribution in [1.82, 2.24) is 0 Å². The molecule has 19 heteroatoms. The number of rotatable bonds is 10. The molecule has 0 bridgehead atoms. The van der Waals surface area contributed by atoms with E-state index in [-0.39, 0.29) is 47.2 Å². The summed E-state index contributed by atoms with van der Waals surface area (Å²) >= 11 is 0. The maximum Gasteiger partial charge on any atom is 0.335 e. The lowest BCUT2D eigenvalue weighted by Gasteiger charge is -2.71. The van der Waals surface area contributed by atoms with Gasteiger partial charge in [-0.2, -0.15) is 0 Å². The molecule has 3 saturated heterocycles. The normalized spacial score (nSPS) is 53.6. The third-order valence-corrected chi connectivity index (χ3v) is 19.1. The number of carboxylic acid groups (broad SMARTS) is 2. The SMILES string of the molecule is CC1(C)[C@@H](O[C@@H]2O[C@H](C(=O)O)[C@@H](O)[C@H](O)[C@H]2O)CC[C@]2(C)[C@H]3CC=C4[C@@H]5C[C@@](C)(CO[C@@H]6O[C@H](CO)[C@@H](O)[C@H](O)[C@H]6O[C@@H]6OC[C@H](O)[C@H](O)[C@H]6O)CC[C@]5(C(=O)O)CC[C@@]4(C)[C@]3(C)CC[C@@H]12. The van der Waals surface area contributed by atoms with Gasteiger partial charge in [0.25, 0.3) is 0 Å². The van der Waals surface area contributed by atoms with Gasteiger partial charge in [0.2, 0.25) is 0 Å². The van der Waals surface area contributed by atoms with Gasteiger partial charge in [0.15, 0.2) is 25.0 Å². The van der Waals surface area contributed by atoms with Crippen molar-refractivity contribution in [3.63, 3.8) is 0 Å². The van der Waals surface area contributed by atoms with E-state index in [9.17, 15) is 65.8 Å². The van der Waals surface area contributed by atoms with Gasteiger partial charge < -0.3 is 84.6 Å². The molecule has 7 fully saturated rings. The van der Waals surface area contributed by atoms with E-state index >= 15 is 0 Å². The van der Waals surface area contributed by atoms with Crippen LogP contribution in [0.15, 0.2) is 11.6 Å². The zero-order valence-corrected chi connectivity index (χ0v) is 38.8. The summed E-state index contributed by atoms with van der Waals surface area (Å²) in [6.07, 6.45) is -13.8. The lowest BCUT2D eigenvalue weighted by molar-refractivity contribution is -0.359. The molecule has 19 nitrogen and oxygen atoms in total. The molecular formula is C47H74O19. The summed E-state index contributed by atoms with van der Waals surface area (Å²) < 4.78 is 35.6. The molecule has 23 atom stereocenters. The largest absolute Gasteiger partial charge is 0.481 e. The second-order valence-corrected chi connectivity index (χ2v) is 22.9. The Labute approximate surface area is 385 Å². The molecule has 0 aromatic heterocycles. The van der Waals surface area contributed by atoms with Crippen LogP contribution in [0.25, 0.3) is 0 Å². The van der Waals surface area contributed by atoms with Crippen LogP contribution in [-0.4, -0.2) is 180 Å². The van der Waals surface area contributed by atoms with Gasteiger partial charge in [-0.15, -0.1) is 0 Å². The number of fused-ring (bicyclic) bond motifs is 7. The Kier molecular flexibility index (Phi) is 13.6. The topological polar surface area (TPSA) is 312 Å². The van der Waals surface area contributed by atoms with Crippen molar-refractivity contribution in [2.24, 2.45) is 50.2 Å². The van der Waals surface area contributed by atoms with Crippen LogP contribution in [-0.2, 0) is 38.0 Å². The van der Waals surface area contributed by atoms with Crippen molar-refractivity contribution < 1.29 is 94.2 Å². The quantitative estimate of drug-likeness (QED) is 0.104. The Morgan fingerprint density at radius 1 is 0.712 bits per heavy atom. The number of allylic oxidation sites excluding steroid dienone is 2. The van der Waals surface area contributed by atoms with Crippen molar-refractivity contribution in [2.45, 2.75) is 198 Å². The smallest absolute Gasteiger partial charge is 0.335 e. The molecule has 66 heavy (non-hydrogen) atoms. The van der Waals surface area contributed by atoms with Gasteiger partial charge in [-0.25, -0.2) is 4.79 Å². The van der Waals surface area contributed by atoms with Crippen LogP contribution in [0, 0.1) is 50.2 Å². The zero-order chi connectivity index (χ0) is 48.3. The first-order valence-electron chi connectivity index (χ1n) is 23.9. The summed E-state index contributed by atoms with van der Waals surface area (Å²) in [6, 6.07) is 0. The highest BCUT2D eigenvalue weighted by molar-refractivity contribution is 5.76. The Morgan fingerprint density at radius 2 is 1.39 bits per heavy atom. The van der Waals surface area contributed by atoms with E-state index in [4.69, 9.17) is 28.4 Å². The van der Waals surface area contributed by atoms with E-state index in [1.807, 2.05) is 6.92 Å². The van der Waals surface area contributed by atoms with Gasteiger partial charge in [0, 0.05) is 0 Å². The Balaban J connectivity index is 1.02. The zero-order valence-electron chi connectivity index (χ0n) is 38.8. The maximum absolute atomic E-state index is 13.6. The molecule has 5 aliphatic carbocycles. The molecule has 11 N–H and O–H groups in total. The van der Waals surface area contributed by atoms with Crippen LogP contribution < -0.4 is 0 Å². The van der Waals surface area contributed by atoms with E-state index in [1.54, 1.807) is 0 Å². The molecule has 0 spiro atoms. The third-order valence-electron chi connectivity index (χ3n) is 19.1. The summed E-state index contributed by atoms with van der Waals surface area (Å²) in [5.74, 6) is -2.26. The van der Waals surface area contributed by atoms with E-state index in [0.717, 1.165) is 31.3 Å². The van der Waals surface area contributed by atoms with Crippen molar-refractivity contribution in [1.29, 1.82) is 0 Å². The fraction of sp³-hybridized carbons (Fsp3) is 0.915. The maximum atomic E-state index is 13.6. The molecule has 0 radical (unpaired) electrons. The minimum atomic E-state index is -1.82. The Bertz CT molecular complexity index is 1850. The standard InChI is InChI=1S/C47H74O19/c1-42(2)25-9-12-46(6)26(44(25,4)11-10-27(42)64-39-34(56)30(52)32(54)35(65-39)37(57)58)8-7-21-22-17-43(3,13-15-47(22,41(59)60)16-14-45(21,46)5)20-62-40-36(31(53)29(51)24(18-48)63-40)66-38-33(55)28(50)23(49)19-61-38/h7,22-36,38-40,48-56H,8-20H2,1-6H3,(H,57,58)(H,59,60)/t22-,23-,24+,25-,26+,27-,28-,29+,30-,31-,32-,33+,34+,35-,36+,38-,39+,40+,43-,44-,45+,46+,47-/m0/s1. The molecular weight excluding hydrogens is 868 g/mol. The Morgan fingerprint density at radius 3 is 2.06 bits per heavy atom. The minimum Gasteiger partial charge on any atom is -0.481 e. The molecule has 8 aliphatic rings. The molecule has 0 aromatic rings. The first-order chi connectivity index (χ1) is 30.8. The van der Waals surface area contributed by atoms with Crippen molar-refractivity contribution >= 4 is 11.9 Å². The summed E-state index contributed by atoms with van der Waals surface area (Å²) in [4.78, 5) is 25.4. The Hall–Kier alpha value is -1.92. The van der Waals surface area contributed by atoms with Crippen LogP contribution in [0.4, 0.5) is 0 Å². The van der Waals surface area contributed by atoms with Gasteiger partial charge in [-0.05, 0) is 109 Å². The summed E-state index contributed by atoms with van der Waals surface area (Å²) in [7, 11) is 0. The average molecular weight is 943 g/mol. The van der Waals surface area contributed by atoms with E-state index in [0.29, 0.717) is 38.5 Å². The van der Waals surface area contributed by atoms with Crippen molar-refractivity contribution in [2.75, 3.05) is 19.8 Å². The second-order valence-electron chi connectivity index (χ2n) is 22.9. The lowest BCUT2D eigenvalue weighted by atomic mass is 9.33. The van der Waals surface area contributed by atoms with E-state index in [2.05, 4.69) is 40.7 Å². The summed E-state index contributed by atoms with van der Waals surface area (Å²) in [5.41, 5.74) is -1.67. The summed E-state index contributed by atoms with van der Waals surface area (Å²) in [6.45, 7) is 12.4. The van der Waals surface area contributed by atoms with Gasteiger partial charge in [-0.3, -0.25) is 4.79 Å². The predicted octanol–water partition coefficient (Wildman–Crippen LogP) is 0.410. The number of hydrogen-bond acceptors (Lipinski definition) is 17. The lowest BCUT2D eigenvalue weighted by Crippen LogP contribution is -2.66.